The Kier molecular flexibility index (Phi) is 3.17. The summed E-state index contributed by atoms with van der Waals surface area (Å²) in [6.07, 6.45) is 7.23. The van der Waals surface area contributed by atoms with Gasteiger partial charge in [0, 0.05) is 24.5 Å². The molecule has 1 unspecified atom stereocenters. The van der Waals surface area contributed by atoms with Crippen LogP contribution in [0.2, 0.25) is 0 Å². The van der Waals surface area contributed by atoms with Crippen molar-refractivity contribution in [2.75, 3.05) is 13.2 Å². The lowest BCUT2D eigenvalue weighted by atomic mass is 9.82. The topological polar surface area (TPSA) is 45.5 Å². The van der Waals surface area contributed by atoms with Gasteiger partial charge >= 0.3 is 7.12 Å². The van der Waals surface area contributed by atoms with Gasteiger partial charge in [0.05, 0.1) is 12.2 Å². The van der Waals surface area contributed by atoms with Gasteiger partial charge in [0.1, 0.15) is 6.23 Å². The number of hydrogen-bond acceptors (Lipinski definition) is 4. The molecule has 0 N–H and O–H groups in total. The van der Waals surface area contributed by atoms with Gasteiger partial charge in [-0.3, -0.25) is 0 Å². The molecule has 2 aliphatic rings. The Hall–Kier alpha value is -0.845. The molecule has 0 aromatic carbocycles. The zero-order valence-electron chi connectivity index (χ0n) is 11.0. The van der Waals surface area contributed by atoms with Crippen LogP contribution in [0.3, 0.4) is 0 Å². The van der Waals surface area contributed by atoms with E-state index in [9.17, 15) is 0 Å². The smallest absolute Gasteiger partial charge is 0.404 e. The molecule has 2 saturated heterocycles. The van der Waals surface area contributed by atoms with Gasteiger partial charge in [-0.15, -0.1) is 0 Å². The molecule has 0 saturated carbocycles. The Morgan fingerprint density at radius 1 is 1.44 bits per heavy atom. The largest absolute Gasteiger partial charge is 0.497 e. The molecule has 1 aromatic heterocycles. The Morgan fingerprint density at radius 3 is 3.00 bits per heavy atom. The van der Waals surface area contributed by atoms with Crippen LogP contribution >= 0.6 is 0 Å². The predicted octanol–water partition coefficient (Wildman–Crippen LogP) is 1.10. The van der Waals surface area contributed by atoms with Crippen molar-refractivity contribution in [2.24, 2.45) is 0 Å². The lowest BCUT2D eigenvalue weighted by molar-refractivity contribution is -0.0394. The monoisotopic (exact) mass is 250 g/mol. The molecule has 6 heteroatoms. The van der Waals surface area contributed by atoms with E-state index in [0.29, 0.717) is 6.61 Å². The molecule has 0 amide bonds. The van der Waals surface area contributed by atoms with Crippen molar-refractivity contribution in [3.63, 3.8) is 0 Å². The lowest BCUT2D eigenvalue weighted by Gasteiger charge is -2.22. The predicted molar refractivity (Wildman–Crippen MR) is 67.6 cm³/mol. The van der Waals surface area contributed by atoms with Crippen LogP contribution in [0.5, 0.6) is 0 Å². The Labute approximate surface area is 108 Å². The minimum atomic E-state index is -0.294. The SMILES string of the molecule is CC1(C)COB(c2cnn(C3CCCCO3)c2)O1. The van der Waals surface area contributed by atoms with Crippen molar-refractivity contribution in [3.05, 3.63) is 12.4 Å². The van der Waals surface area contributed by atoms with Crippen molar-refractivity contribution < 1.29 is 14.0 Å². The highest BCUT2D eigenvalue weighted by molar-refractivity contribution is 6.61. The second-order valence-electron chi connectivity index (χ2n) is 5.60. The van der Waals surface area contributed by atoms with E-state index in [1.165, 1.54) is 6.42 Å². The third-order valence-electron chi connectivity index (χ3n) is 3.35. The maximum Gasteiger partial charge on any atom is 0.497 e. The highest BCUT2D eigenvalue weighted by atomic mass is 16.7. The highest BCUT2D eigenvalue weighted by Crippen LogP contribution is 2.22. The molecule has 0 radical (unpaired) electrons. The third kappa shape index (κ3) is 2.46. The summed E-state index contributed by atoms with van der Waals surface area (Å²) in [5.41, 5.74) is 0.753. The van der Waals surface area contributed by atoms with Crippen molar-refractivity contribution in [2.45, 2.75) is 44.9 Å². The zero-order valence-corrected chi connectivity index (χ0v) is 11.0. The number of nitrogens with zero attached hydrogens (tertiary/aromatic N) is 2. The summed E-state index contributed by atoms with van der Waals surface area (Å²) in [5, 5.41) is 4.36. The molecule has 3 heterocycles. The van der Waals surface area contributed by atoms with Crippen LogP contribution in [-0.4, -0.2) is 35.7 Å². The Bertz CT molecular complexity index is 415. The van der Waals surface area contributed by atoms with Crippen LogP contribution in [0.15, 0.2) is 12.4 Å². The molecule has 0 spiro atoms. The van der Waals surface area contributed by atoms with Crippen molar-refractivity contribution >= 4 is 12.6 Å². The molecule has 18 heavy (non-hydrogen) atoms. The molecule has 5 nitrogen and oxygen atoms in total. The van der Waals surface area contributed by atoms with Gasteiger partial charge in [-0.05, 0) is 33.1 Å². The molecule has 98 valence electrons. The molecule has 0 bridgehead atoms. The molecule has 2 aliphatic heterocycles. The molecule has 3 rings (SSSR count). The standard InChI is InChI=1S/C12H19BN2O3/c1-12(2)9-17-13(18-12)10-7-14-15(8-10)11-5-3-4-6-16-11/h7-8,11H,3-6,9H2,1-2H3. The molecule has 1 aromatic rings. The number of ether oxygens (including phenoxy) is 1. The summed E-state index contributed by atoms with van der Waals surface area (Å²) in [7, 11) is -0.294. The first-order valence-electron chi connectivity index (χ1n) is 6.59. The van der Waals surface area contributed by atoms with Gasteiger partial charge in [-0.1, -0.05) is 0 Å². The van der Waals surface area contributed by atoms with Gasteiger partial charge in [0.15, 0.2) is 0 Å². The van der Waals surface area contributed by atoms with E-state index in [1.54, 1.807) is 0 Å². The maximum atomic E-state index is 5.82. The quantitative estimate of drug-likeness (QED) is 0.737. The summed E-state index contributed by atoms with van der Waals surface area (Å²) in [5.74, 6) is 0. The minimum absolute atomic E-state index is 0.0712. The fourth-order valence-electron chi connectivity index (χ4n) is 2.36. The van der Waals surface area contributed by atoms with Crippen LogP contribution in [0, 0.1) is 0 Å². The second kappa shape index (κ2) is 4.68. The van der Waals surface area contributed by atoms with Crippen LogP contribution in [-0.2, 0) is 14.0 Å². The van der Waals surface area contributed by atoms with Gasteiger partial charge in [-0.2, -0.15) is 5.10 Å². The number of aromatic nitrogens is 2. The van der Waals surface area contributed by atoms with Crippen LogP contribution in [0.4, 0.5) is 0 Å². The van der Waals surface area contributed by atoms with E-state index < -0.39 is 0 Å². The average Bonchev–Trinajstić information content (AvgIpc) is 2.96. The Balaban J connectivity index is 1.69. The second-order valence-corrected chi connectivity index (χ2v) is 5.60. The Morgan fingerprint density at radius 2 is 2.33 bits per heavy atom. The number of hydrogen-bond donors (Lipinski definition) is 0. The molecular weight excluding hydrogens is 231 g/mol. The average molecular weight is 250 g/mol. The van der Waals surface area contributed by atoms with Crippen molar-refractivity contribution in [1.29, 1.82) is 0 Å². The van der Waals surface area contributed by atoms with Crippen LogP contribution in [0.25, 0.3) is 0 Å². The van der Waals surface area contributed by atoms with Gasteiger partial charge in [0.2, 0.25) is 0 Å². The zero-order chi connectivity index (χ0) is 12.6. The summed E-state index contributed by atoms with van der Waals surface area (Å²) in [6, 6.07) is 0. The normalized spacial score (nSPS) is 27.7. The summed E-state index contributed by atoms with van der Waals surface area (Å²) >= 11 is 0. The summed E-state index contributed by atoms with van der Waals surface area (Å²) in [4.78, 5) is 0. The number of rotatable bonds is 2. The summed E-state index contributed by atoms with van der Waals surface area (Å²) < 4.78 is 19.0. The first-order chi connectivity index (χ1) is 8.64. The molecule has 0 aliphatic carbocycles. The third-order valence-corrected chi connectivity index (χ3v) is 3.35. The molecular formula is C12H19BN2O3. The fraction of sp³-hybridized carbons (Fsp3) is 0.750. The summed E-state index contributed by atoms with van der Waals surface area (Å²) in [6.45, 7) is 5.50. The van der Waals surface area contributed by atoms with E-state index in [0.717, 1.165) is 24.9 Å². The van der Waals surface area contributed by atoms with Gasteiger partial charge in [0.25, 0.3) is 0 Å². The van der Waals surface area contributed by atoms with E-state index in [2.05, 4.69) is 5.10 Å². The van der Waals surface area contributed by atoms with Gasteiger partial charge in [-0.25, -0.2) is 4.68 Å². The van der Waals surface area contributed by atoms with E-state index >= 15 is 0 Å². The van der Waals surface area contributed by atoms with Crippen LogP contribution in [0.1, 0.15) is 39.3 Å². The molecule has 1 atom stereocenters. The van der Waals surface area contributed by atoms with E-state index in [-0.39, 0.29) is 18.9 Å². The molecule has 2 fully saturated rings. The minimum Gasteiger partial charge on any atom is -0.404 e. The fourth-order valence-corrected chi connectivity index (χ4v) is 2.36. The first-order valence-corrected chi connectivity index (χ1v) is 6.59. The van der Waals surface area contributed by atoms with Gasteiger partial charge < -0.3 is 14.0 Å². The first kappa shape index (κ1) is 12.2. The van der Waals surface area contributed by atoms with E-state index in [1.807, 2.05) is 30.9 Å². The van der Waals surface area contributed by atoms with E-state index in [4.69, 9.17) is 14.0 Å². The maximum absolute atomic E-state index is 5.82. The van der Waals surface area contributed by atoms with Crippen molar-refractivity contribution in [1.82, 2.24) is 9.78 Å². The van der Waals surface area contributed by atoms with Crippen molar-refractivity contribution in [3.8, 4) is 0 Å². The highest BCUT2D eigenvalue weighted by Gasteiger charge is 2.39. The van der Waals surface area contributed by atoms with Crippen LogP contribution < -0.4 is 5.46 Å². The lowest BCUT2D eigenvalue weighted by Crippen LogP contribution is -2.33.